The largest absolute Gasteiger partial charge is 0.497 e. The minimum absolute atomic E-state index is 0.0233. The van der Waals surface area contributed by atoms with Gasteiger partial charge in [-0.25, -0.2) is 9.59 Å². The summed E-state index contributed by atoms with van der Waals surface area (Å²) in [6.07, 6.45) is -2.40. The molecule has 1 heterocycles. The zero-order valence-electron chi connectivity index (χ0n) is 13.1. The van der Waals surface area contributed by atoms with Crippen LogP contribution in [0.1, 0.15) is 37.7 Å². The zero-order chi connectivity index (χ0) is 17.8. The first-order valence-electron chi connectivity index (χ1n) is 7.79. The van der Waals surface area contributed by atoms with E-state index in [2.05, 4.69) is 0 Å². The van der Waals surface area contributed by atoms with Gasteiger partial charge in [0.15, 0.2) is 6.54 Å². The van der Waals surface area contributed by atoms with E-state index in [4.69, 9.17) is 10.6 Å². The Hall–Kier alpha value is -2.09. The smallest absolute Gasteiger partial charge is 0.399 e. The van der Waals surface area contributed by atoms with E-state index in [-0.39, 0.29) is 19.5 Å². The van der Waals surface area contributed by atoms with Crippen LogP contribution < -0.4 is 5.73 Å². The minimum atomic E-state index is -5.15. The summed E-state index contributed by atoms with van der Waals surface area (Å²) in [5.74, 6) is -2.87. The van der Waals surface area contributed by atoms with Crippen molar-refractivity contribution in [3.8, 4) is 0 Å². The van der Waals surface area contributed by atoms with Crippen molar-refractivity contribution in [1.82, 2.24) is 0 Å². The van der Waals surface area contributed by atoms with Gasteiger partial charge >= 0.3 is 18.1 Å². The van der Waals surface area contributed by atoms with Crippen molar-refractivity contribution in [2.24, 2.45) is 0 Å². The monoisotopic (exact) mass is 345 g/mol. The Morgan fingerprint density at radius 3 is 2.58 bits per heavy atom. The molecule has 1 aromatic carbocycles. The van der Waals surface area contributed by atoms with Crippen LogP contribution in [0.3, 0.4) is 0 Å². The lowest BCUT2D eigenvalue weighted by Gasteiger charge is -2.33. The van der Waals surface area contributed by atoms with E-state index in [0.717, 1.165) is 12.8 Å². The standard InChI is InChI=1S/C16H20F3N2O3/c17-16(18,19)15(23)24-21(9-4-2-1-3-8-14(21)22)11-12-6-5-7-13(20)10-12/h5-7,10H,1-4,8-9,11,20H2/q+1. The molecule has 5 nitrogen and oxygen atoms in total. The third kappa shape index (κ3) is 4.47. The molecule has 1 atom stereocenters. The first-order valence-corrected chi connectivity index (χ1v) is 7.79. The summed E-state index contributed by atoms with van der Waals surface area (Å²) in [6.45, 7) is -0.138. The van der Waals surface area contributed by atoms with Gasteiger partial charge in [0.1, 0.15) is 6.54 Å². The molecule has 1 fully saturated rings. The number of anilines is 1. The van der Waals surface area contributed by atoms with Crippen molar-refractivity contribution < 1.29 is 32.2 Å². The van der Waals surface area contributed by atoms with Crippen molar-refractivity contribution >= 4 is 17.6 Å². The first kappa shape index (κ1) is 18.3. The molecule has 0 bridgehead atoms. The number of hydrogen-bond acceptors (Lipinski definition) is 4. The summed E-state index contributed by atoms with van der Waals surface area (Å²) in [5, 5.41) is 0. The zero-order valence-corrected chi connectivity index (χ0v) is 13.1. The molecule has 1 unspecified atom stereocenters. The maximum atomic E-state index is 12.7. The van der Waals surface area contributed by atoms with E-state index in [1.54, 1.807) is 24.3 Å². The summed E-state index contributed by atoms with van der Waals surface area (Å²) >= 11 is 0. The van der Waals surface area contributed by atoms with E-state index in [9.17, 15) is 22.8 Å². The van der Waals surface area contributed by atoms with Crippen molar-refractivity contribution in [2.75, 3.05) is 12.3 Å². The van der Waals surface area contributed by atoms with Gasteiger partial charge in [-0.3, -0.25) is 4.84 Å². The van der Waals surface area contributed by atoms with E-state index < -0.39 is 22.7 Å². The number of hydrogen-bond donors (Lipinski definition) is 1. The number of benzene rings is 1. The molecule has 1 aromatic rings. The fourth-order valence-corrected chi connectivity index (χ4v) is 2.82. The molecule has 2 rings (SSSR count). The molecule has 132 valence electrons. The molecule has 1 aliphatic heterocycles. The van der Waals surface area contributed by atoms with Crippen LogP contribution in [-0.2, 0) is 21.0 Å². The summed E-state index contributed by atoms with van der Waals surface area (Å²) in [5.41, 5.74) is 6.65. The van der Waals surface area contributed by atoms with Gasteiger partial charge in [0.2, 0.25) is 0 Å². The topological polar surface area (TPSA) is 69.4 Å². The quantitative estimate of drug-likeness (QED) is 0.675. The highest BCUT2D eigenvalue weighted by molar-refractivity contribution is 5.76. The van der Waals surface area contributed by atoms with Gasteiger partial charge in [0.05, 0.1) is 6.42 Å². The number of carbonyl (C=O) groups is 2. The number of nitrogens with zero attached hydrogens (tertiary/aromatic N) is 1. The second-order valence-electron chi connectivity index (χ2n) is 5.95. The molecule has 0 spiro atoms. The fraction of sp³-hybridized carbons (Fsp3) is 0.500. The average molecular weight is 345 g/mol. The lowest BCUT2D eigenvalue weighted by Crippen LogP contribution is -2.55. The van der Waals surface area contributed by atoms with Crippen LogP contribution in [0.5, 0.6) is 0 Å². The molecule has 1 aliphatic rings. The normalized spacial score (nSPS) is 22.5. The van der Waals surface area contributed by atoms with E-state index >= 15 is 0 Å². The predicted molar refractivity (Wildman–Crippen MR) is 79.9 cm³/mol. The maximum absolute atomic E-state index is 12.7. The Labute approximate surface area is 137 Å². The Kier molecular flexibility index (Phi) is 5.48. The van der Waals surface area contributed by atoms with E-state index in [1.165, 1.54) is 0 Å². The maximum Gasteiger partial charge on any atom is 0.497 e. The van der Waals surface area contributed by atoms with Crippen molar-refractivity contribution in [2.45, 2.75) is 44.8 Å². The van der Waals surface area contributed by atoms with Crippen LogP contribution in [0.25, 0.3) is 0 Å². The number of quaternary nitrogens is 1. The number of carbonyl (C=O) groups excluding carboxylic acids is 2. The molecule has 1 amide bonds. The van der Waals surface area contributed by atoms with Crippen LogP contribution in [-0.4, -0.2) is 29.2 Å². The number of halogens is 3. The summed E-state index contributed by atoms with van der Waals surface area (Å²) in [7, 11) is 0. The Morgan fingerprint density at radius 2 is 1.92 bits per heavy atom. The van der Waals surface area contributed by atoms with Crippen LogP contribution in [0, 0.1) is 0 Å². The van der Waals surface area contributed by atoms with Crippen LogP contribution in [0.2, 0.25) is 0 Å². The van der Waals surface area contributed by atoms with E-state index in [1.807, 2.05) is 0 Å². The third-order valence-electron chi connectivity index (χ3n) is 3.99. The summed E-state index contributed by atoms with van der Waals surface area (Å²) in [4.78, 5) is 28.7. The third-order valence-corrected chi connectivity index (χ3v) is 3.99. The number of nitrogen functional groups attached to an aromatic ring is 1. The van der Waals surface area contributed by atoms with Crippen LogP contribution >= 0.6 is 0 Å². The highest BCUT2D eigenvalue weighted by atomic mass is 19.4. The molecule has 0 aromatic heterocycles. The number of rotatable bonds is 3. The molecule has 8 heteroatoms. The second-order valence-corrected chi connectivity index (χ2v) is 5.95. The van der Waals surface area contributed by atoms with Crippen molar-refractivity contribution in [3.05, 3.63) is 29.8 Å². The Balaban J connectivity index is 2.35. The van der Waals surface area contributed by atoms with Gasteiger partial charge in [-0.1, -0.05) is 23.2 Å². The first-order chi connectivity index (χ1) is 11.2. The van der Waals surface area contributed by atoms with Crippen molar-refractivity contribution in [1.29, 1.82) is 0 Å². The average Bonchev–Trinajstić information content (AvgIpc) is 2.47. The molecule has 24 heavy (non-hydrogen) atoms. The lowest BCUT2D eigenvalue weighted by molar-refractivity contribution is -1.04. The van der Waals surface area contributed by atoms with Gasteiger partial charge in [0.25, 0.3) is 0 Å². The van der Waals surface area contributed by atoms with Gasteiger partial charge < -0.3 is 5.73 Å². The van der Waals surface area contributed by atoms with E-state index in [0.29, 0.717) is 24.1 Å². The highest BCUT2D eigenvalue weighted by Crippen LogP contribution is 2.28. The number of amides is 1. The molecular weight excluding hydrogens is 325 g/mol. The Morgan fingerprint density at radius 1 is 1.21 bits per heavy atom. The van der Waals surface area contributed by atoms with Gasteiger partial charge in [-0.15, -0.1) is 0 Å². The number of likely N-dealkylation sites (tertiary alicyclic amines) is 1. The minimum Gasteiger partial charge on any atom is -0.399 e. The number of nitrogens with two attached hydrogens (primary N) is 1. The predicted octanol–water partition coefficient (Wildman–Crippen LogP) is 3.10. The molecule has 1 saturated heterocycles. The van der Waals surface area contributed by atoms with Gasteiger partial charge in [-0.2, -0.15) is 13.2 Å². The van der Waals surface area contributed by atoms with Crippen LogP contribution in [0.15, 0.2) is 24.3 Å². The lowest BCUT2D eigenvalue weighted by atomic mass is 10.1. The number of hydroxylamine groups is 3. The molecule has 0 radical (unpaired) electrons. The molecular formula is C16H20F3N2O3+. The summed E-state index contributed by atoms with van der Waals surface area (Å²) < 4.78 is 37.0. The molecule has 0 saturated carbocycles. The van der Waals surface area contributed by atoms with Gasteiger partial charge in [0, 0.05) is 17.7 Å². The fourth-order valence-electron chi connectivity index (χ4n) is 2.82. The summed E-state index contributed by atoms with van der Waals surface area (Å²) in [6, 6.07) is 6.48. The second kappa shape index (κ2) is 7.21. The van der Waals surface area contributed by atoms with Crippen molar-refractivity contribution in [3.63, 3.8) is 0 Å². The molecule has 0 aliphatic carbocycles. The van der Waals surface area contributed by atoms with Gasteiger partial charge in [-0.05, 0) is 25.0 Å². The van der Waals surface area contributed by atoms with Crippen LogP contribution in [0.4, 0.5) is 18.9 Å². The SMILES string of the molecule is Nc1cccc(C[N+]2(OC(=O)C(F)(F)F)CCCCCCC2=O)c1. The Bertz CT molecular complexity index is 619. The molecule has 2 N–H and O–H groups in total. The number of alkyl halides is 3. The highest BCUT2D eigenvalue weighted by Gasteiger charge is 2.51.